The molecule has 0 fully saturated rings. The third kappa shape index (κ3) is 6.60. The number of hydrogen-bond acceptors (Lipinski definition) is 6. The first-order chi connectivity index (χ1) is 12.2. The van der Waals surface area contributed by atoms with Gasteiger partial charge in [-0.2, -0.15) is 0 Å². The van der Waals surface area contributed by atoms with Gasteiger partial charge in [0.15, 0.2) is 0 Å². The van der Waals surface area contributed by atoms with E-state index in [4.69, 9.17) is 16.3 Å². The van der Waals surface area contributed by atoms with Crippen molar-refractivity contribution in [1.82, 2.24) is 10.0 Å². The summed E-state index contributed by atoms with van der Waals surface area (Å²) in [7, 11) is -3.18. The second-order valence-corrected chi connectivity index (χ2v) is 7.73. The van der Waals surface area contributed by atoms with E-state index in [2.05, 4.69) is 10.0 Å². The van der Waals surface area contributed by atoms with Crippen LogP contribution in [0, 0.1) is 10.1 Å². The van der Waals surface area contributed by atoms with Gasteiger partial charge in [0.05, 0.1) is 11.2 Å². The maximum atomic E-state index is 11.1. The average molecular weight is 400 g/mol. The highest BCUT2D eigenvalue weighted by Crippen LogP contribution is 2.33. The molecule has 0 unspecified atom stereocenters. The Morgan fingerprint density at radius 1 is 1.15 bits per heavy atom. The van der Waals surface area contributed by atoms with Gasteiger partial charge in [-0.15, -0.1) is 0 Å². The maximum Gasteiger partial charge on any atom is 0.313 e. The van der Waals surface area contributed by atoms with E-state index in [-0.39, 0.29) is 16.5 Å². The lowest BCUT2D eigenvalue weighted by atomic mass is 10.2. The zero-order valence-electron chi connectivity index (χ0n) is 13.9. The number of halogens is 1. The van der Waals surface area contributed by atoms with Gasteiger partial charge in [0, 0.05) is 30.7 Å². The molecule has 10 heteroatoms. The van der Waals surface area contributed by atoms with Crippen LogP contribution in [0.25, 0.3) is 0 Å². The standard InChI is InChI=1S/C16H18ClN3O5S/c1-26(23,24)19-9-8-18-11-12-2-5-14(6-3-12)25-16-7-4-13(17)10-15(16)20(21)22/h2-7,10,18-19H,8-9,11H2,1H3. The van der Waals surface area contributed by atoms with Crippen molar-refractivity contribution in [3.63, 3.8) is 0 Å². The van der Waals surface area contributed by atoms with E-state index in [1.807, 2.05) is 12.1 Å². The fourth-order valence-corrected chi connectivity index (χ4v) is 2.72. The van der Waals surface area contributed by atoms with Crippen molar-refractivity contribution in [1.29, 1.82) is 0 Å². The number of sulfonamides is 1. The molecule has 0 aliphatic carbocycles. The van der Waals surface area contributed by atoms with Gasteiger partial charge in [0.2, 0.25) is 15.8 Å². The van der Waals surface area contributed by atoms with Crippen LogP contribution in [0.5, 0.6) is 11.5 Å². The third-order valence-corrected chi connectivity index (χ3v) is 4.23. The molecule has 2 aromatic rings. The van der Waals surface area contributed by atoms with E-state index in [9.17, 15) is 18.5 Å². The van der Waals surface area contributed by atoms with Crippen LogP contribution in [0.3, 0.4) is 0 Å². The van der Waals surface area contributed by atoms with Crippen LogP contribution in [0.1, 0.15) is 5.56 Å². The maximum absolute atomic E-state index is 11.1. The van der Waals surface area contributed by atoms with Gasteiger partial charge < -0.3 is 10.1 Å². The molecule has 0 heterocycles. The molecule has 140 valence electrons. The van der Waals surface area contributed by atoms with Crippen LogP contribution in [-0.4, -0.2) is 32.7 Å². The smallest absolute Gasteiger partial charge is 0.313 e. The van der Waals surface area contributed by atoms with Gasteiger partial charge in [-0.25, -0.2) is 13.1 Å². The van der Waals surface area contributed by atoms with Crippen molar-refractivity contribution in [2.24, 2.45) is 0 Å². The van der Waals surface area contributed by atoms with Gasteiger partial charge in [0.1, 0.15) is 5.75 Å². The van der Waals surface area contributed by atoms with Gasteiger partial charge in [0.25, 0.3) is 0 Å². The first-order valence-corrected chi connectivity index (χ1v) is 9.87. The minimum absolute atomic E-state index is 0.108. The fourth-order valence-electron chi connectivity index (χ4n) is 2.08. The van der Waals surface area contributed by atoms with Gasteiger partial charge in [-0.05, 0) is 29.8 Å². The van der Waals surface area contributed by atoms with Crippen molar-refractivity contribution >= 4 is 27.3 Å². The summed E-state index contributed by atoms with van der Waals surface area (Å²) in [4.78, 5) is 10.5. The van der Waals surface area contributed by atoms with E-state index in [0.29, 0.717) is 25.4 Å². The quantitative estimate of drug-likeness (QED) is 0.381. The van der Waals surface area contributed by atoms with E-state index in [0.717, 1.165) is 11.8 Å². The second-order valence-electron chi connectivity index (χ2n) is 5.46. The van der Waals surface area contributed by atoms with E-state index in [1.54, 1.807) is 12.1 Å². The zero-order valence-corrected chi connectivity index (χ0v) is 15.5. The van der Waals surface area contributed by atoms with Crippen LogP contribution >= 0.6 is 11.6 Å². The first kappa shape index (κ1) is 20.1. The number of nitro groups is 1. The minimum Gasteiger partial charge on any atom is -0.450 e. The lowest BCUT2D eigenvalue weighted by molar-refractivity contribution is -0.385. The van der Waals surface area contributed by atoms with Crippen molar-refractivity contribution in [3.05, 3.63) is 63.2 Å². The minimum atomic E-state index is -3.18. The van der Waals surface area contributed by atoms with Gasteiger partial charge in [-0.3, -0.25) is 10.1 Å². The highest BCUT2D eigenvalue weighted by molar-refractivity contribution is 7.88. The van der Waals surface area contributed by atoms with E-state index in [1.165, 1.54) is 18.2 Å². The lowest BCUT2D eigenvalue weighted by Crippen LogP contribution is -2.30. The Kier molecular flexibility index (Phi) is 6.92. The molecule has 26 heavy (non-hydrogen) atoms. The summed E-state index contributed by atoms with van der Waals surface area (Å²) in [5.74, 6) is 0.565. The van der Waals surface area contributed by atoms with Crippen LogP contribution in [0.15, 0.2) is 42.5 Å². The zero-order chi connectivity index (χ0) is 19.2. The predicted octanol–water partition coefficient (Wildman–Crippen LogP) is 2.68. The summed E-state index contributed by atoms with van der Waals surface area (Å²) in [6.45, 7) is 1.34. The van der Waals surface area contributed by atoms with Crippen LogP contribution in [0.4, 0.5) is 5.69 Å². The number of nitro benzene ring substituents is 1. The van der Waals surface area contributed by atoms with Crippen LogP contribution < -0.4 is 14.8 Å². The monoisotopic (exact) mass is 399 g/mol. The molecule has 0 saturated heterocycles. The van der Waals surface area contributed by atoms with Crippen molar-refractivity contribution in [2.75, 3.05) is 19.3 Å². The fraction of sp³-hybridized carbons (Fsp3) is 0.250. The van der Waals surface area contributed by atoms with Crippen molar-refractivity contribution in [2.45, 2.75) is 6.54 Å². The highest BCUT2D eigenvalue weighted by atomic mass is 35.5. The molecule has 0 aromatic heterocycles. The number of nitrogens with one attached hydrogen (secondary N) is 2. The van der Waals surface area contributed by atoms with Crippen molar-refractivity contribution < 1.29 is 18.1 Å². The molecule has 0 bridgehead atoms. The van der Waals surface area contributed by atoms with Crippen molar-refractivity contribution in [3.8, 4) is 11.5 Å². The molecule has 0 saturated carbocycles. The molecule has 0 aliphatic rings. The Labute approximate surface area is 156 Å². The lowest BCUT2D eigenvalue weighted by Gasteiger charge is -2.08. The Morgan fingerprint density at radius 2 is 1.85 bits per heavy atom. The molecule has 0 spiro atoms. The third-order valence-electron chi connectivity index (χ3n) is 3.26. The molecule has 2 aromatic carbocycles. The summed E-state index contributed by atoms with van der Waals surface area (Å²) in [6.07, 6.45) is 1.11. The molecule has 0 aliphatic heterocycles. The Morgan fingerprint density at radius 3 is 2.46 bits per heavy atom. The second kappa shape index (κ2) is 8.95. The normalized spacial score (nSPS) is 11.3. The number of benzene rings is 2. The number of hydrogen-bond donors (Lipinski definition) is 2. The topological polar surface area (TPSA) is 111 Å². The Hall–Kier alpha value is -2.20. The molecule has 0 atom stereocenters. The van der Waals surface area contributed by atoms with Gasteiger partial charge >= 0.3 is 5.69 Å². The largest absolute Gasteiger partial charge is 0.450 e. The van der Waals surface area contributed by atoms with E-state index < -0.39 is 14.9 Å². The molecule has 2 N–H and O–H groups in total. The van der Waals surface area contributed by atoms with Gasteiger partial charge in [-0.1, -0.05) is 23.7 Å². The summed E-state index contributed by atoms with van der Waals surface area (Å²) < 4.78 is 29.8. The molecule has 0 radical (unpaired) electrons. The highest BCUT2D eigenvalue weighted by Gasteiger charge is 2.16. The molecular weight excluding hydrogens is 382 g/mol. The average Bonchev–Trinajstić information content (AvgIpc) is 2.56. The molecule has 8 nitrogen and oxygen atoms in total. The first-order valence-electron chi connectivity index (χ1n) is 7.61. The van der Waals surface area contributed by atoms with E-state index >= 15 is 0 Å². The summed E-state index contributed by atoms with van der Waals surface area (Å²) in [5.41, 5.74) is 0.754. The van der Waals surface area contributed by atoms with Crippen LogP contribution in [-0.2, 0) is 16.6 Å². The Bertz CT molecular complexity index is 872. The number of ether oxygens (including phenoxy) is 1. The SMILES string of the molecule is CS(=O)(=O)NCCNCc1ccc(Oc2ccc(Cl)cc2[N+](=O)[O-])cc1. The molecule has 2 rings (SSSR count). The Balaban J connectivity index is 1.91. The summed E-state index contributed by atoms with van der Waals surface area (Å²) in [5, 5.41) is 14.4. The number of rotatable bonds is 9. The summed E-state index contributed by atoms with van der Waals surface area (Å²) in [6, 6.07) is 11.2. The molecule has 0 amide bonds. The predicted molar refractivity (Wildman–Crippen MR) is 99.2 cm³/mol. The van der Waals surface area contributed by atoms with Crippen LogP contribution in [0.2, 0.25) is 5.02 Å². The molecular formula is C16H18ClN3O5S. The number of nitrogens with zero attached hydrogens (tertiary/aromatic N) is 1. The summed E-state index contributed by atoms with van der Waals surface area (Å²) >= 11 is 5.78.